The van der Waals surface area contributed by atoms with Crippen molar-refractivity contribution in [2.75, 3.05) is 7.05 Å². The van der Waals surface area contributed by atoms with Gasteiger partial charge in [0.25, 0.3) is 5.69 Å². The summed E-state index contributed by atoms with van der Waals surface area (Å²) in [6.45, 7) is 3.54. The van der Waals surface area contributed by atoms with Gasteiger partial charge in [0.1, 0.15) is 0 Å². The first-order valence-corrected chi connectivity index (χ1v) is 7.42. The van der Waals surface area contributed by atoms with E-state index in [4.69, 9.17) is 0 Å². The van der Waals surface area contributed by atoms with Crippen molar-refractivity contribution in [2.24, 2.45) is 0 Å². The molecule has 0 radical (unpaired) electrons. The molecule has 0 unspecified atom stereocenters. The summed E-state index contributed by atoms with van der Waals surface area (Å²) in [4.78, 5) is 12.7. The monoisotopic (exact) mass is 348 g/mol. The lowest BCUT2D eigenvalue weighted by molar-refractivity contribution is -0.385. The molecule has 110 valence electrons. The molecule has 4 nitrogen and oxygen atoms in total. The van der Waals surface area contributed by atoms with Gasteiger partial charge in [0.15, 0.2) is 0 Å². The minimum Gasteiger partial charge on any atom is -0.298 e. The molecular weight excluding hydrogens is 332 g/mol. The van der Waals surface area contributed by atoms with Crippen LogP contribution in [0.3, 0.4) is 0 Å². The maximum Gasteiger partial charge on any atom is 0.283 e. The van der Waals surface area contributed by atoms with Gasteiger partial charge < -0.3 is 0 Å². The van der Waals surface area contributed by atoms with E-state index >= 15 is 0 Å². The first kappa shape index (κ1) is 15.7. The predicted octanol–water partition coefficient (Wildman–Crippen LogP) is 4.30. The minimum absolute atomic E-state index is 0.108. The topological polar surface area (TPSA) is 46.4 Å². The molecule has 0 atom stereocenters. The van der Waals surface area contributed by atoms with Crippen LogP contribution in [-0.2, 0) is 13.1 Å². The summed E-state index contributed by atoms with van der Waals surface area (Å²) >= 11 is 3.20. The van der Waals surface area contributed by atoms with Gasteiger partial charge >= 0.3 is 0 Å². The fourth-order valence-corrected chi connectivity index (χ4v) is 2.56. The smallest absolute Gasteiger partial charge is 0.283 e. The Morgan fingerprint density at radius 3 is 2.29 bits per heavy atom. The molecule has 0 aromatic heterocycles. The molecular formula is C16H17BrN2O2. The third kappa shape index (κ3) is 4.37. The van der Waals surface area contributed by atoms with Crippen LogP contribution in [0.5, 0.6) is 0 Å². The number of hydrogen-bond acceptors (Lipinski definition) is 3. The first-order chi connectivity index (χ1) is 9.95. The Balaban J connectivity index is 2.05. The van der Waals surface area contributed by atoms with Gasteiger partial charge in [-0.3, -0.25) is 15.0 Å². The number of nitrogens with zero attached hydrogens (tertiary/aromatic N) is 2. The van der Waals surface area contributed by atoms with Crippen LogP contribution < -0.4 is 0 Å². The first-order valence-electron chi connectivity index (χ1n) is 6.62. The zero-order valence-electron chi connectivity index (χ0n) is 12.0. The van der Waals surface area contributed by atoms with Crippen molar-refractivity contribution in [3.05, 3.63) is 73.7 Å². The highest BCUT2D eigenvalue weighted by Gasteiger charge is 2.13. The summed E-state index contributed by atoms with van der Waals surface area (Å²) in [6.07, 6.45) is 0. The summed E-state index contributed by atoms with van der Waals surface area (Å²) in [7, 11) is 2.01. The van der Waals surface area contributed by atoms with E-state index in [1.807, 2.05) is 13.1 Å². The van der Waals surface area contributed by atoms with Crippen LogP contribution in [0.1, 0.15) is 16.7 Å². The van der Waals surface area contributed by atoms with Crippen molar-refractivity contribution in [1.29, 1.82) is 0 Å². The molecule has 0 aliphatic carbocycles. The number of nitro groups is 1. The fourth-order valence-electron chi connectivity index (χ4n) is 2.17. The quantitative estimate of drug-likeness (QED) is 0.597. The summed E-state index contributed by atoms with van der Waals surface area (Å²) in [6, 6.07) is 13.7. The Bertz CT molecular complexity index is 641. The Morgan fingerprint density at radius 1 is 1.10 bits per heavy atom. The molecule has 0 spiro atoms. The fraction of sp³-hybridized carbons (Fsp3) is 0.250. The largest absolute Gasteiger partial charge is 0.298 e. The van der Waals surface area contributed by atoms with E-state index in [2.05, 4.69) is 52.0 Å². The Morgan fingerprint density at radius 2 is 1.67 bits per heavy atom. The summed E-state index contributed by atoms with van der Waals surface area (Å²) in [5, 5.41) is 10.9. The normalized spacial score (nSPS) is 10.9. The number of hydrogen-bond donors (Lipinski definition) is 0. The zero-order chi connectivity index (χ0) is 15.4. The highest BCUT2D eigenvalue weighted by molar-refractivity contribution is 9.10. The van der Waals surface area contributed by atoms with Crippen molar-refractivity contribution in [2.45, 2.75) is 20.0 Å². The van der Waals surface area contributed by atoms with E-state index < -0.39 is 0 Å². The van der Waals surface area contributed by atoms with E-state index in [1.165, 1.54) is 11.1 Å². The average Bonchev–Trinajstić information content (AvgIpc) is 2.43. The predicted molar refractivity (Wildman–Crippen MR) is 87.1 cm³/mol. The van der Waals surface area contributed by atoms with Crippen molar-refractivity contribution in [1.82, 2.24) is 4.90 Å². The number of benzene rings is 2. The molecule has 5 heteroatoms. The maximum atomic E-state index is 10.9. The molecule has 0 saturated heterocycles. The van der Waals surface area contributed by atoms with Crippen LogP contribution in [0, 0.1) is 17.0 Å². The van der Waals surface area contributed by atoms with Gasteiger partial charge in [0.05, 0.1) is 9.40 Å². The molecule has 0 fully saturated rings. The van der Waals surface area contributed by atoms with E-state index in [9.17, 15) is 10.1 Å². The van der Waals surface area contributed by atoms with Gasteiger partial charge in [-0.25, -0.2) is 0 Å². The second kappa shape index (κ2) is 6.83. The molecule has 0 aliphatic rings. The van der Waals surface area contributed by atoms with Crippen LogP contribution in [0.2, 0.25) is 0 Å². The summed E-state index contributed by atoms with van der Waals surface area (Å²) in [5.41, 5.74) is 3.51. The molecule has 0 N–H and O–H groups in total. The average molecular weight is 349 g/mol. The number of rotatable bonds is 5. The van der Waals surface area contributed by atoms with Crippen LogP contribution in [0.15, 0.2) is 46.9 Å². The van der Waals surface area contributed by atoms with Gasteiger partial charge in [-0.2, -0.15) is 0 Å². The molecule has 0 saturated carbocycles. The van der Waals surface area contributed by atoms with E-state index in [1.54, 1.807) is 12.1 Å². The van der Waals surface area contributed by atoms with E-state index in [0.717, 1.165) is 12.1 Å². The molecule has 0 aliphatic heterocycles. The Kier molecular flexibility index (Phi) is 5.09. The summed E-state index contributed by atoms with van der Waals surface area (Å²) in [5.74, 6) is 0. The number of aryl methyl sites for hydroxylation is 1. The van der Waals surface area contributed by atoms with Crippen molar-refractivity contribution in [3.63, 3.8) is 0 Å². The highest BCUT2D eigenvalue weighted by Crippen LogP contribution is 2.26. The Labute approximate surface area is 132 Å². The second-order valence-corrected chi connectivity index (χ2v) is 6.06. The molecule has 21 heavy (non-hydrogen) atoms. The third-order valence-corrected chi connectivity index (χ3v) is 3.90. The SMILES string of the molecule is Cc1ccc(CN(C)Cc2ccc(Br)c([N+](=O)[O-])c2)cc1. The van der Waals surface area contributed by atoms with E-state index in [0.29, 0.717) is 11.0 Å². The van der Waals surface area contributed by atoms with Crippen molar-refractivity contribution < 1.29 is 4.92 Å². The Hall–Kier alpha value is -1.72. The van der Waals surface area contributed by atoms with Crippen LogP contribution in [0.25, 0.3) is 0 Å². The maximum absolute atomic E-state index is 10.9. The lowest BCUT2D eigenvalue weighted by Crippen LogP contribution is -2.17. The number of nitro benzene ring substituents is 1. The molecule has 2 rings (SSSR count). The molecule has 2 aromatic carbocycles. The van der Waals surface area contributed by atoms with Gasteiger partial charge in [-0.1, -0.05) is 35.9 Å². The molecule has 2 aromatic rings. The van der Waals surface area contributed by atoms with Gasteiger partial charge in [0.2, 0.25) is 0 Å². The lowest BCUT2D eigenvalue weighted by Gasteiger charge is -2.17. The van der Waals surface area contributed by atoms with Gasteiger partial charge in [0, 0.05) is 19.2 Å². The molecule has 0 amide bonds. The van der Waals surface area contributed by atoms with Crippen molar-refractivity contribution >= 4 is 21.6 Å². The van der Waals surface area contributed by atoms with Gasteiger partial charge in [-0.15, -0.1) is 0 Å². The highest BCUT2D eigenvalue weighted by atomic mass is 79.9. The van der Waals surface area contributed by atoms with Crippen LogP contribution in [0.4, 0.5) is 5.69 Å². The molecule has 0 heterocycles. The van der Waals surface area contributed by atoms with Gasteiger partial charge in [-0.05, 0) is 47.1 Å². The zero-order valence-corrected chi connectivity index (χ0v) is 13.6. The van der Waals surface area contributed by atoms with Crippen LogP contribution >= 0.6 is 15.9 Å². The standard InChI is InChI=1S/C16H17BrN2O2/c1-12-3-5-13(6-4-12)10-18(2)11-14-7-8-15(17)16(9-14)19(20)21/h3-9H,10-11H2,1-2H3. The lowest BCUT2D eigenvalue weighted by atomic mass is 10.1. The van der Waals surface area contributed by atoms with Crippen molar-refractivity contribution in [3.8, 4) is 0 Å². The van der Waals surface area contributed by atoms with Crippen LogP contribution in [-0.4, -0.2) is 16.9 Å². The molecule has 0 bridgehead atoms. The summed E-state index contributed by atoms with van der Waals surface area (Å²) < 4.78 is 0.512. The third-order valence-electron chi connectivity index (χ3n) is 3.23. The minimum atomic E-state index is -0.368. The van der Waals surface area contributed by atoms with E-state index in [-0.39, 0.29) is 10.6 Å². The number of halogens is 1. The second-order valence-electron chi connectivity index (χ2n) is 5.20.